The van der Waals surface area contributed by atoms with Crippen LogP contribution in [0.25, 0.3) is 0 Å². The van der Waals surface area contributed by atoms with Gasteiger partial charge in [0.1, 0.15) is 6.33 Å². The molecule has 0 spiro atoms. The molecule has 21 heavy (non-hydrogen) atoms. The SMILES string of the molecule is CCCNC(c1cncnc1)C1(N(C)C)CCCCCC1. The van der Waals surface area contributed by atoms with Gasteiger partial charge in [-0.1, -0.05) is 32.6 Å². The van der Waals surface area contributed by atoms with Crippen LogP contribution in [0.1, 0.15) is 63.5 Å². The van der Waals surface area contributed by atoms with Crippen molar-refractivity contribution >= 4 is 0 Å². The monoisotopic (exact) mass is 290 g/mol. The topological polar surface area (TPSA) is 41.1 Å². The van der Waals surface area contributed by atoms with Gasteiger partial charge in [0.15, 0.2) is 0 Å². The molecule has 1 heterocycles. The molecule has 1 unspecified atom stereocenters. The van der Waals surface area contributed by atoms with E-state index >= 15 is 0 Å². The number of rotatable bonds is 6. The molecule has 0 bridgehead atoms. The van der Waals surface area contributed by atoms with E-state index in [9.17, 15) is 0 Å². The molecule has 2 rings (SSSR count). The number of hydrogen-bond acceptors (Lipinski definition) is 4. The van der Waals surface area contributed by atoms with Gasteiger partial charge in [0.2, 0.25) is 0 Å². The molecule has 1 aromatic heterocycles. The largest absolute Gasteiger partial charge is 0.308 e. The highest BCUT2D eigenvalue weighted by molar-refractivity contribution is 5.17. The fourth-order valence-corrected chi connectivity index (χ4v) is 3.70. The van der Waals surface area contributed by atoms with Crippen LogP contribution < -0.4 is 5.32 Å². The summed E-state index contributed by atoms with van der Waals surface area (Å²) in [5, 5.41) is 3.78. The van der Waals surface area contributed by atoms with Crippen LogP contribution in [0.15, 0.2) is 18.7 Å². The third-order valence-corrected chi connectivity index (χ3v) is 4.91. The van der Waals surface area contributed by atoms with Crippen LogP contribution in [-0.2, 0) is 0 Å². The van der Waals surface area contributed by atoms with Crippen LogP contribution in [-0.4, -0.2) is 41.0 Å². The van der Waals surface area contributed by atoms with Gasteiger partial charge >= 0.3 is 0 Å². The smallest absolute Gasteiger partial charge is 0.115 e. The van der Waals surface area contributed by atoms with Gasteiger partial charge in [-0.3, -0.25) is 0 Å². The highest BCUT2D eigenvalue weighted by Crippen LogP contribution is 2.40. The van der Waals surface area contributed by atoms with E-state index < -0.39 is 0 Å². The van der Waals surface area contributed by atoms with E-state index in [4.69, 9.17) is 0 Å². The third kappa shape index (κ3) is 3.80. The van der Waals surface area contributed by atoms with E-state index in [1.165, 1.54) is 44.1 Å². The normalized spacial score (nSPS) is 20.2. The van der Waals surface area contributed by atoms with Gasteiger partial charge in [0, 0.05) is 23.5 Å². The van der Waals surface area contributed by atoms with Gasteiger partial charge in [0.25, 0.3) is 0 Å². The molecule has 1 fully saturated rings. The Kier molecular flexibility index (Phi) is 6.12. The molecule has 1 aliphatic carbocycles. The number of aromatic nitrogens is 2. The maximum Gasteiger partial charge on any atom is 0.115 e. The number of nitrogens with one attached hydrogen (secondary N) is 1. The molecule has 0 aliphatic heterocycles. The number of likely N-dealkylation sites (N-methyl/N-ethyl adjacent to an activating group) is 1. The van der Waals surface area contributed by atoms with Gasteiger partial charge in [-0.2, -0.15) is 0 Å². The van der Waals surface area contributed by atoms with Crippen molar-refractivity contribution in [1.82, 2.24) is 20.2 Å². The zero-order chi connectivity index (χ0) is 15.1. The van der Waals surface area contributed by atoms with Crippen LogP contribution in [0.5, 0.6) is 0 Å². The lowest BCUT2D eigenvalue weighted by Gasteiger charge is -2.46. The van der Waals surface area contributed by atoms with Crippen molar-refractivity contribution < 1.29 is 0 Å². The molecule has 0 radical (unpaired) electrons. The Hall–Kier alpha value is -1.00. The first-order valence-electron chi connectivity index (χ1n) is 8.36. The molecule has 1 aliphatic rings. The molecule has 1 aromatic rings. The van der Waals surface area contributed by atoms with Gasteiger partial charge in [-0.25, -0.2) is 9.97 Å². The summed E-state index contributed by atoms with van der Waals surface area (Å²) in [7, 11) is 4.46. The fraction of sp³-hybridized carbons (Fsp3) is 0.765. The van der Waals surface area contributed by atoms with Crippen molar-refractivity contribution in [3.05, 3.63) is 24.3 Å². The van der Waals surface area contributed by atoms with E-state index in [2.05, 4.69) is 41.2 Å². The quantitative estimate of drug-likeness (QED) is 0.817. The van der Waals surface area contributed by atoms with Crippen molar-refractivity contribution in [2.24, 2.45) is 0 Å². The first kappa shape index (κ1) is 16.4. The fourth-order valence-electron chi connectivity index (χ4n) is 3.70. The molecule has 4 nitrogen and oxygen atoms in total. The second-order valence-corrected chi connectivity index (χ2v) is 6.47. The van der Waals surface area contributed by atoms with Crippen LogP contribution in [0.4, 0.5) is 0 Å². The Bertz CT molecular complexity index is 397. The van der Waals surface area contributed by atoms with Crippen LogP contribution >= 0.6 is 0 Å². The zero-order valence-corrected chi connectivity index (χ0v) is 13.8. The summed E-state index contributed by atoms with van der Waals surface area (Å²) < 4.78 is 0. The second kappa shape index (κ2) is 7.85. The highest BCUT2D eigenvalue weighted by Gasteiger charge is 2.41. The lowest BCUT2D eigenvalue weighted by atomic mass is 9.78. The van der Waals surface area contributed by atoms with Gasteiger partial charge in [-0.05, 0) is 39.9 Å². The van der Waals surface area contributed by atoms with Gasteiger partial charge in [0.05, 0.1) is 6.04 Å². The number of hydrogen-bond donors (Lipinski definition) is 1. The average Bonchev–Trinajstić information content (AvgIpc) is 2.76. The molecule has 0 amide bonds. The van der Waals surface area contributed by atoms with Crippen LogP contribution in [0, 0.1) is 0 Å². The van der Waals surface area contributed by atoms with Crippen molar-refractivity contribution in [3.8, 4) is 0 Å². The molecular formula is C17H30N4. The molecule has 118 valence electrons. The minimum absolute atomic E-state index is 0.177. The van der Waals surface area contributed by atoms with E-state index in [0.29, 0.717) is 6.04 Å². The first-order chi connectivity index (χ1) is 10.2. The van der Waals surface area contributed by atoms with Crippen molar-refractivity contribution in [2.75, 3.05) is 20.6 Å². The summed E-state index contributed by atoms with van der Waals surface area (Å²) in [6.07, 6.45) is 14.6. The van der Waals surface area contributed by atoms with Crippen LogP contribution in [0.3, 0.4) is 0 Å². The summed E-state index contributed by atoms with van der Waals surface area (Å²) in [4.78, 5) is 10.9. The van der Waals surface area contributed by atoms with E-state index in [1.54, 1.807) is 6.33 Å². The predicted molar refractivity (Wildman–Crippen MR) is 87.2 cm³/mol. The third-order valence-electron chi connectivity index (χ3n) is 4.91. The Morgan fingerprint density at radius 2 is 1.76 bits per heavy atom. The Morgan fingerprint density at radius 1 is 1.14 bits per heavy atom. The van der Waals surface area contributed by atoms with Gasteiger partial charge in [-0.15, -0.1) is 0 Å². The van der Waals surface area contributed by atoms with Gasteiger partial charge < -0.3 is 10.2 Å². The van der Waals surface area contributed by atoms with Crippen LogP contribution in [0.2, 0.25) is 0 Å². The lowest BCUT2D eigenvalue weighted by Crippen LogP contribution is -2.53. The summed E-state index contributed by atoms with van der Waals surface area (Å²) in [6.45, 7) is 3.26. The molecule has 1 N–H and O–H groups in total. The lowest BCUT2D eigenvalue weighted by molar-refractivity contribution is 0.0796. The van der Waals surface area contributed by atoms with Crippen molar-refractivity contribution in [3.63, 3.8) is 0 Å². The second-order valence-electron chi connectivity index (χ2n) is 6.47. The Balaban J connectivity index is 2.34. The van der Waals surface area contributed by atoms with Crippen molar-refractivity contribution in [1.29, 1.82) is 0 Å². The zero-order valence-electron chi connectivity index (χ0n) is 13.8. The Labute approximate surface area is 129 Å². The molecule has 4 heteroatoms. The minimum atomic E-state index is 0.177. The average molecular weight is 290 g/mol. The molecular weight excluding hydrogens is 260 g/mol. The maximum absolute atomic E-state index is 4.25. The molecule has 0 aromatic carbocycles. The standard InChI is InChI=1S/C17H30N4/c1-4-11-20-16(15-12-18-14-19-13-15)17(21(2)3)9-7-5-6-8-10-17/h12-14,16,20H,4-11H2,1-3H3. The predicted octanol–water partition coefficient (Wildman–Crippen LogP) is 3.17. The summed E-state index contributed by atoms with van der Waals surface area (Å²) in [6, 6.07) is 0.312. The molecule has 1 atom stereocenters. The maximum atomic E-state index is 4.25. The minimum Gasteiger partial charge on any atom is -0.308 e. The Morgan fingerprint density at radius 3 is 2.29 bits per heavy atom. The number of nitrogens with zero attached hydrogens (tertiary/aromatic N) is 3. The first-order valence-corrected chi connectivity index (χ1v) is 8.36. The van der Waals surface area contributed by atoms with E-state index in [-0.39, 0.29) is 5.54 Å². The highest BCUT2D eigenvalue weighted by atomic mass is 15.2. The summed E-state index contributed by atoms with van der Waals surface area (Å²) >= 11 is 0. The summed E-state index contributed by atoms with van der Waals surface area (Å²) in [5.41, 5.74) is 1.40. The van der Waals surface area contributed by atoms with E-state index in [1.807, 2.05) is 12.4 Å². The molecule has 0 saturated heterocycles. The molecule has 1 saturated carbocycles. The summed E-state index contributed by atoms with van der Waals surface area (Å²) in [5.74, 6) is 0. The van der Waals surface area contributed by atoms with E-state index in [0.717, 1.165) is 13.0 Å². The van der Waals surface area contributed by atoms with Crippen molar-refractivity contribution in [2.45, 2.75) is 63.5 Å².